The van der Waals surface area contributed by atoms with E-state index in [0.717, 1.165) is 25.4 Å². The molecule has 1 aliphatic heterocycles. The van der Waals surface area contributed by atoms with Gasteiger partial charge in [-0.2, -0.15) is 0 Å². The lowest BCUT2D eigenvalue weighted by atomic mass is 9.96. The van der Waals surface area contributed by atoms with Crippen LogP contribution in [0, 0.1) is 0 Å². The van der Waals surface area contributed by atoms with Crippen LogP contribution in [-0.4, -0.2) is 58.5 Å². The fourth-order valence-electron chi connectivity index (χ4n) is 2.98. The molecule has 4 nitrogen and oxygen atoms in total. The molecular weight excluding hydrogens is 216 g/mol. The van der Waals surface area contributed by atoms with Gasteiger partial charge in [0.2, 0.25) is 0 Å². The van der Waals surface area contributed by atoms with Gasteiger partial charge in [0.15, 0.2) is 0 Å². The van der Waals surface area contributed by atoms with Crippen LogP contribution >= 0.6 is 0 Å². The molecule has 0 amide bonds. The molecule has 2 rings (SSSR count). The largest absolute Gasteiger partial charge is 0.394 e. The standard InChI is InChI=1S/C13H26N2O2/c1-3-13(8-16,9-17)14-11-6-10(2)15(7-11)12-4-5-12/h10-12,14,16-17H,3-9H2,1-2H3. The molecule has 100 valence electrons. The summed E-state index contributed by atoms with van der Waals surface area (Å²) in [6, 6.07) is 1.84. The van der Waals surface area contributed by atoms with Crippen molar-refractivity contribution < 1.29 is 10.2 Å². The van der Waals surface area contributed by atoms with E-state index in [0.29, 0.717) is 12.1 Å². The highest BCUT2D eigenvalue weighted by Crippen LogP contribution is 2.33. The smallest absolute Gasteiger partial charge is 0.0648 e. The van der Waals surface area contributed by atoms with Crippen LogP contribution in [0.4, 0.5) is 0 Å². The first-order chi connectivity index (χ1) is 8.14. The molecule has 4 heteroatoms. The van der Waals surface area contributed by atoms with Gasteiger partial charge >= 0.3 is 0 Å². The predicted molar refractivity (Wildman–Crippen MR) is 67.9 cm³/mol. The first-order valence-electron chi connectivity index (χ1n) is 6.89. The average Bonchev–Trinajstić information content (AvgIpc) is 3.12. The summed E-state index contributed by atoms with van der Waals surface area (Å²) in [6.07, 6.45) is 4.57. The molecule has 1 saturated carbocycles. The normalized spacial score (nSPS) is 31.1. The van der Waals surface area contributed by atoms with Crippen molar-refractivity contribution in [2.45, 2.75) is 63.2 Å². The van der Waals surface area contributed by atoms with Gasteiger partial charge in [-0.3, -0.25) is 4.90 Å². The Bertz CT molecular complexity index is 244. The van der Waals surface area contributed by atoms with Crippen molar-refractivity contribution in [3.8, 4) is 0 Å². The molecular formula is C13H26N2O2. The van der Waals surface area contributed by atoms with E-state index in [1.165, 1.54) is 12.8 Å². The lowest BCUT2D eigenvalue weighted by molar-refractivity contribution is 0.0780. The van der Waals surface area contributed by atoms with Crippen LogP contribution in [0.5, 0.6) is 0 Å². The van der Waals surface area contributed by atoms with Crippen LogP contribution < -0.4 is 5.32 Å². The maximum Gasteiger partial charge on any atom is 0.0648 e. The molecule has 0 aromatic rings. The van der Waals surface area contributed by atoms with Crippen LogP contribution in [0.15, 0.2) is 0 Å². The average molecular weight is 242 g/mol. The zero-order valence-corrected chi connectivity index (χ0v) is 11.0. The van der Waals surface area contributed by atoms with Crippen LogP contribution in [0.3, 0.4) is 0 Å². The van der Waals surface area contributed by atoms with Crippen LogP contribution in [0.1, 0.15) is 39.5 Å². The van der Waals surface area contributed by atoms with Crippen molar-refractivity contribution in [2.75, 3.05) is 19.8 Å². The Morgan fingerprint density at radius 2 is 1.94 bits per heavy atom. The third-order valence-electron chi connectivity index (χ3n) is 4.43. The van der Waals surface area contributed by atoms with Crippen molar-refractivity contribution in [3.63, 3.8) is 0 Å². The molecule has 1 heterocycles. The van der Waals surface area contributed by atoms with E-state index in [4.69, 9.17) is 0 Å². The van der Waals surface area contributed by atoms with Gasteiger partial charge in [-0.25, -0.2) is 0 Å². The summed E-state index contributed by atoms with van der Waals surface area (Å²) in [5, 5.41) is 22.4. The van der Waals surface area contributed by atoms with Crippen molar-refractivity contribution in [1.82, 2.24) is 10.2 Å². The summed E-state index contributed by atoms with van der Waals surface area (Å²) in [5.74, 6) is 0. The minimum atomic E-state index is -0.496. The lowest BCUT2D eigenvalue weighted by Gasteiger charge is -2.33. The maximum atomic E-state index is 9.45. The van der Waals surface area contributed by atoms with Gasteiger partial charge in [0.05, 0.1) is 18.8 Å². The van der Waals surface area contributed by atoms with E-state index in [2.05, 4.69) is 17.1 Å². The van der Waals surface area contributed by atoms with E-state index in [1.54, 1.807) is 0 Å². The third-order valence-corrected chi connectivity index (χ3v) is 4.43. The van der Waals surface area contributed by atoms with Gasteiger partial charge in [-0.15, -0.1) is 0 Å². The molecule has 2 atom stereocenters. The summed E-state index contributed by atoms with van der Waals surface area (Å²) in [6.45, 7) is 5.37. The highest BCUT2D eigenvalue weighted by atomic mass is 16.3. The molecule has 0 aromatic carbocycles. The first-order valence-corrected chi connectivity index (χ1v) is 6.89. The molecule has 1 saturated heterocycles. The van der Waals surface area contributed by atoms with Gasteiger partial charge in [0, 0.05) is 24.7 Å². The minimum Gasteiger partial charge on any atom is -0.394 e. The molecule has 2 unspecified atom stereocenters. The molecule has 2 aliphatic rings. The highest BCUT2D eigenvalue weighted by molar-refractivity contribution is 4.99. The summed E-state index contributed by atoms with van der Waals surface area (Å²) in [7, 11) is 0. The number of nitrogens with one attached hydrogen (secondary N) is 1. The number of hydrogen-bond acceptors (Lipinski definition) is 4. The lowest BCUT2D eigenvalue weighted by Crippen LogP contribution is -2.56. The number of aliphatic hydroxyl groups is 2. The molecule has 1 aliphatic carbocycles. The number of hydrogen-bond donors (Lipinski definition) is 3. The van der Waals surface area contributed by atoms with Gasteiger partial charge in [-0.1, -0.05) is 6.92 Å². The van der Waals surface area contributed by atoms with Crippen LogP contribution in [0.2, 0.25) is 0 Å². The summed E-state index contributed by atoms with van der Waals surface area (Å²) >= 11 is 0. The summed E-state index contributed by atoms with van der Waals surface area (Å²) in [4.78, 5) is 2.58. The van der Waals surface area contributed by atoms with E-state index in [1.807, 2.05) is 6.92 Å². The van der Waals surface area contributed by atoms with E-state index < -0.39 is 5.54 Å². The van der Waals surface area contributed by atoms with Crippen molar-refractivity contribution >= 4 is 0 Å². The molecule has 0 bridgehead atoms. The second kappa shape index (κ2) is 5.22. The fraction of sp³-hybridized carbons (Fsp3) is 1.00. The summed E-state index contributed by atoms with van der Waals surface area (Å²) in [5.41, 5.74) is -0.496. The maximum absolute atomic E-state index is 9.45. The first kappa shape index (κ1) is 13.3. The predicted octanol–water partition coefficient (Wildman–Crippen LogP) is 0.335. The number of nitrogens with zero attached hydrogens (tertiary/aromatic N) is 1. The molecule has 17 heavy (non-hydrogen) atoms. The molecule has 0 radical (unpaired) electrons. The Hall–Kier alpha value is -0.160. The Labute approximate surface area is 104 Å². The van der Waals surface area contributed by atoms with Crippen molar-refractivity contribution in [1.29, 1.82) is 0 Å². The number of likely N-dealkylation sites (tertiary alicyclic amines) is 1. The monoisotopic (exact) mass is 242 g/mol. The Morgan fingerprint density at radius 1 is 1.29 bits per heavy atom. The Morgan fingerprint density at radius 3 is 2.41 bits per heavy atom. The van der Waals surface area contributed by atoms with Crippen LogP contribution in [0.25, 0.3) is 0 Å². The van der Waals surface area contributed by atoms with Crippen molar-refractivity contribution in [2.24, 2.45) is 0 Å². The Balaban J connectivity index is 1.91. The third kappa shape index (κ3) is 2.81. The van der Waals surface area contributed by atoms with Gasteiger partial charge in [0.1, 0.15) is 0 Å². The second-order valence-corrected chi connectivity index (χ2v) is 5.80. The van der Waals surface area contributed by atoms with E-state index >= 15 is 0 Å². The fourth-order valence-corrected chi connectivity index (χ4v) is 2.98. The molecule has 2 fully saturated rings. The van der Waals surface area contributed by atoms with Gasteiger partial charge < -0.3 is 15.5 Å². The molecule has 0 aromatic heterocycles. The number of aliphatic hydroxyl groups excluding tert-OH is 2. The summed E-state index contributed by atoms with van der Waals surface area (Å²) < 4.78 is 0. The van der Waals surface area contributed by atoms with Gasteiger partial charge in [-0.05, 0) is 32.6 Å². The molecule has 0 spiro atoms. The minimum absolute atomic E-state index is 0.00824. The second-order valence-electron chi connectivity index (χ2n) is 5.80. The topological polar surface area (TPSA) is 55.7 Å². The quantitative estimate of drug-likeness (QED) is 0.628. The van der Waals surface area contributed by atoms with E-state index in [-0.39, 0.29) is 13.2 Å². The van der Waals surface area contributed by atoms with Crippen LogP contribution in [-0.2, 0) is 0 Å². The SMILES string of the molecule is CCC(CO)(CO)NC1CC(C)N(C2CC2)C1. The van der Waals surface area contributed by atoms with Crippen molar-refractivity contribution in [3.05, 3.63) is 0 Å². The highest BCUT2D eigenvalue weighted by Gasteiger charge is 2.41. The van der Waals surface area contributed by atoms with E-state index in [9.17, 15) is 10.2 Å². The van der Waals surface area contributed by atoms with Gasteiger partial charge in [0.25, 0.3) is 0 Å². The number of rotatable bonds is 6. The molecule has 3 N–H and O–H groups in total. The Kier molecular flexibility index (Phi) is 4.08. The zero-order valence-electron chi connectivity index (χ0n) is 11.0. The zero-order chi connectivity index (χ0) is 12.5.